The highest BCUT2D eigenvalue weighted by Gasteiger charge is 2.21. The smallest absolute Gasteiger partial charge is 0.303 e. The molecule has 1 saturated heterocycles. The molecule has 110 valence electrons. The average molecular weight is 277 g/mol. The summed E-state index contributed by atoms with van der Waals surface area (Å²) < 4.78 is 0. The molecule has 1 aliphatic rings. The number of anilines is 1. The molecule has 2 rings (SSSR count). The van der Waals surface area contributed by atoms with Crippen LogP contribution in [0.4, 0.5) is 5.82 Å². The highest BCUT2D eigenvalue weighted by atomic mass is 16.4. The first-order valence-corrected chi connectivity index (χ1v) is 7.36. The fourth-order valence-corrected chi connectivity index (χ4v) is 2.65. The van der Waals surface area contributed by atoms with Crippen molar-refractivity contribution in [3.05, 3.63) is 17.8 Å². The SMILES string of the molecule is CC(C)c1ccc(N2CCCC(CCC(=O)O)C2)nn1. The van der Waals surface area contributed by atoms with Gasteiger partial charge < -0.3 is 10.0 Å². The van der Waals surface area contributed by atoms with Crippen molar-refractivity contribution in [2.45, 2.75) is 45.4 Å². The zero-order valence-electron chi connectivity index (χ0n) is 12.2. The molecule has 1 aliphatic heterocycles. The van der Waals surface area contributed by atoms with Gasteiger partial charge in [0.1, 0.15) is 0 Å². The molecule has 5 nitrogen and oxygen atoms in total. The van der Waals surface area contributed by atoms with Crippen LogP contribution in [0.2, 0.25) is 0 Å². The van der Waals surface area contributed by atoms with E-state index in [1.807, 2.05) is 12.1 Å². The van der Waals surface area contributed by atoms with Crippen LogP contribution in [0.25, 0.3) is 0 Å². The summed E-state index contributed by atoms with van der Waals surface area (Å²) in [5, 5.41) is 17.4. The summed E-state index contributed by atoms with van der Waals surface area (Å²) in [5.41, 5.74) is 1.01. The van der Waals surface area contributed by atoms with Crippen LogP contribution in [0.1, 0.15) is 51.1 Å². The lowest BCUT2D eigenvalue weighted by Gasteiger charge is -2.33. The zero-order valence-corrected chi connectivity index (χ0v) is 12.2. The second-order valence-electron chi connectivity index (χ2n) is 5.86. The monoisotopic (exact) mass is 277 g/mol. The first kappa shape index (κ1) is 14.8. The molecule has 0 saturated carbocycles. The maximum atomic E-state index is 10.7. The first-order valence-electron chi connectivity index (χ1n) is 7.36. The van der Waals surface area contributed by atoms with Crippen LogP contribution in [0.5, 0.6) is 0 Å². The molecule has 0 amide bonds. The molecular formula is C15H23N3O2. The van der Waals surface area contributed by atoms with E-state index in [2.05, 4.69) is 28.9 Å². The Morgan fingerprint density at radius 3 is 2.85 bits per heavy atom. The Bertz CT molecular complexity index is 445. The number of aliphatic carboxylic acids is 1. The fourth-order valence-electron chi connectivity index (χ4n) is 2.65. The van der Waals surface area contributed by atoms with Crippen LogP contribution in [-0.4, -0.2) is 34.4 Å². The Balaban J connectivity index is 1.96. The van der Waals surface area contributed by atoms with Crippen molar-refractivity contribution in [1.82, 2.24) is 10.2 Å². The van der Waals surface area contributed by atoms with Gasteiger partial charge in [-0.15, -0.1) is 5.10 Å². The first-order chi connectivity index (χ1) is 9.56. The van der Waals surface area contributed by atoms with E-state index in [9.17, 15) is 4.79 Å². The summed E-state index contributed by atoms with van der Waals surface area (Å²) in [4.78, 5) is 12.9. The van der Waals surface area contributed by atoms with E-state index in [-0.39, 0.29) is 6.42 Å². The average Bonchev–Trinajstić information content (AvgIpc) is 2.45. The Morgan fingerprint density at radius 2 is 2.25 bits per heavy atom. The van der Waals surface area contributed by atoms with Crippen LogP contribution in [0.3, 0.4) is 0 Å². The second-order valence-corrected chi connectivity index (χ2v) is 5.86. The summed E-state index contributed by atoms with van der Waals surface area (Å²) in [6.07, 6.45) is 3.22. The van der Waals surface area contributed by atoms with Crippen molar-refractivity contribution in [3.63, 3.8) is 0 Å². The van der Waals surface area contributed by atoms with Crippen molar-refractivity contribution in [2.75, 3.05) is 18.0 Å². The predicted octanol–water partition coefficient (Wildman–Crippen LogP) is 2.68. The maximum Gasteiger partial charge on any atom is 0.303 e. The van der Waals surface area contributed by atoms with E-state index >= 15 is 0 Å². The Hall–Kier alpha value is -1.65. The van der Waals surface area contributed by atoms with E-state index < -0.39 is 5.97 Å². The third-order valence-electron chi connectivity index (χ3n) is 3.87. The normalized spacial score (nSPS) is 19.4. The molecule has 1 aromatic rings. The van der Waals surface area contributed by atoms with Crippen LogP contribution < -0.4 is 4.90 Å². The summed E-state index contributed by atoms with van der Waals surface area (Å²) in [6, 6.07) is 4.07. The van der Waals surface area contributed by atoms with Gasteiger partial charge in [0.15, 0.2) is 5.82 Å². The third kappa shape index (κ3) is 3.92. The van der Waals surface area contributed by atoms with E-state index in [1.165, 1.54) is 0 Å². The predicted molar refractivity (Wildman–Crippen MR) is 77.9 cm³/mol. The van der Waals surface area contributed by atoms with Gasteiger partial charge in [0.2, 0.25) is 0 Å². The minimum Gasteiger partial charge on any atom is -0.481 e. The molecule has 2 heterocycles. The molecule has 0 radical (unpaired) electrons. The Morgan fingerprint density at radius 1 is 1.45 bits per heavy atom. The largest absolute Gasteiger partial charge is 0.481 e. The molecule has 0 aliphatic carbocycles. The molecule has 0 bridgehead atoms. The van der Waals surface area contributed by atoms with Gasteiger partial charge in [0.05, 0.1) is 5.69 Å². The van der Waals surface area contributed by atoms with Crippen LogP contribution in [0.15, 0.2) is 12.1 Å². The number of hydrogen-bond donors (Lipinski definition) is 1. The molecule has 1 N–H and O–H groups in total. The number of piperidine rings is 1. The van der Waals surface area contributed by atoms with Gasteiger partial charge in [0, 0.05) is 19.5 Å². The molecule has 1 aromatic heterocycles. The molecule has 1 unspecified atom stereocenters. The summed E-state index contributed by atoms with van der Waals surface area (Å²) in [5.74, 6) is 1.05. The van der Waals surface area contributed by atoms with Gasteiger partial charge in [-0.25, -0.2) is 0 Å². The summed E-state index contributed by atoms with van der Waals surface area (Å²) >= 11 is 0. The van der Waals surface area contributed by atoms with Gasteiger partial charge in [-0.1, -0.05) is 13.8 Å². The van der Waals surface area contributed by atoms with E-state index in [0.29, 0.717) is 11.8 Å². The summed E-state index contributed by atoms with van der Waals surface area (Å²) in [7, 11) is 0. The number of rotatable bonds is 5. The van der Waals surface area contributed by atoms with Gasteiger partial charge in [-0.2, -0.15) is 5.10 Å². The van der Waals surface area contributed by atoms with E-state index in [0.717, 1.165) is 43.9 Å². The molecule has 1 fully saturated rings. The van der Waals surface area contributed by atoms with Crippen molar-refractivity contribution < 1.29 is 9.90 Å². The highest BCUT2D eigenvalue weighted by Crippen LogP contribution is 2.24. The molecule has 0 aromatic carbocycles. The molecule has 1 atom stereocenters. The fraction of sp³-hybridized carbons (Fsp3) is 0.667. The van der Waals surface area contributed by atoms with Crippen LogP contribution in [0, 0.1) is 5.92 Å². The van der Waals surface area contributed by atoms with Gasteiger partial charge >= 0.3 is 5.97 Å². The molecule has 5 heteroatoms. The number of carboxylic acids is 1. The minimum absolute atomic E-state index is 0.260. The maximum absolute atomic E-state index is 10.7. The van der Waals surface area contributed by atoms with E-state index in [1.54, 1.807) is 0 Å². The lowest BCUT2D eigenvalue weighted by atomic mass is 9.93. The molecule has 0 spiro atoms. The topological polar surface area (TPSA) is 66.3 Å². The molecular weight excluding hydrogens is 254 g/mol. The van der Waals surface area contributed by atoms with Gasteiger partial charge in [-0.3, -0.25) is 4.79 Å². The number of aromatic nitrogens is 2. The number of nitrogens with zero attached hydrogens (tertiary/aromatic N) is 3. The van der Waals surface area contributed by atoms with Crippen LogP contribution >= 0.6 is 0 Å². The Kier molecular flexibility index (Phi) is 4.93. The quantitative estimate of drug-likeness (QED) is 0.896. The van der Waals surface area contributed by atoms with Crippen molar-refractivity contribution in [1.29, 1.82) is 0 Å². The van der Waals surface area contributed by atoms with Crippen molar-refractivity contribution in [3.8, 4) is 0 Å². The molecule has 20 heavy (non-hydrogen) atoms. The van der Waals surface area contributed by atoms with E-state index in [4.69, 9.17) is 5.11 Å². The van der Waals surface area contributed by atoms with Gasteiger partial charge in [0.25, 0.3) is 0 Å². The minimum atomic E-state index is -0.705. The number of hydrogen-bond acceptors (Lipinski definition) is 4. The second kappa shape index (κ2) is 6.68. The lowest BCUT2D eigenvalue weighted by molar-refractivity contribution is -0.137. The van der Waals surface area contributed by atoms with Crippen molar-refractivity contribution in [2.24, 2.45) is 5.92 Å². The summed E-state index contributed by atoms with van der Waals surface area (Å²) in [6.45, 7) is 6.08. The lowest BCUT2D eigenvalue weighted by Crippen LogP contribution is -2.36. The zero-order chi connectivity index (χ0) is 14.5. The third-order valence-corrected chi connectivity index (χ3v) is 3.87. The van der Waals surface area contributed by atoms with Gasteiger partial charge in [-0.05, 0) is 43.2 Å². The number of carbonyl (C=O) groups is 1. The van der Waals surface area contributed by atoms with Crippen molar-refractivity contribution >= 4 is 11.8 Å². The Labute approximate surface area is 120 Å². The highest BCUT2D eigenvalue weighted by molar-refractivity contribution is 5.66. The standard InChI is InChI=1S/C15H23N3O2/c1-11(2)13-6-7-14(17-16-13)18-9-3-4-12(10-18)5-8-15(19)20/h6-7,11-12H,3-5,8-10H2,1-2H3,(H,19,20). The van der Waals surface area contributed by atoms with Crippen LogP contribution in [-0.2, 0) is 4.79 Å². The number of carboxylic acid groups (broad SMARTS) is 1.